The van der Waals surface area contributed by atoms with Crippen LogP contribution < -0.4 is 5.32 Å². The van der Waals surface area contributed by atoms with Crippen molar-refractivity contribution in [3.63, 3.8) is 0 Å². The first-order valence-electron chi connectivity index (χ1n) is 22.9. The normalized spacial score (nSPS) is 14.2. The van der Waals surface area contributed by atoms with Crippen molar-refractivity contribution in [2.24, 2.45) is 0 Å². The lowest BCUT2D eigenvalue weighted by molar-refractivity contribution is -0.123. The van der Waals surface area contributed by atoms with Crippen LogP contribution in [0.1, 0.15) is 174 Å². The van der Waals surface area contributed by atoms with Gasteiger partial charge in [-0.2, -0.15) is 0 Å². The summed E-state index contributed by atoms with van der Waals surface area (Å²) in [6.45, 7) is 4.15. The van der Waals surface area contributed by atoms with Crippen LogP contribution in [0.15, 0.2) is 134 Å². The molecule has 0 fully saturated rings. The zero-order valence-electron chi connectivity index (χ0n) is 36.5. The summed E-state index contributed by atoms with van der Waals surface area (Å²) in [5.74, 6) is -0.0632. The number of hydrogen-bond acceptors (Lipinski definition) is 3. The number of carbonyl (C=O) groups is 1. The minimum Gasteiger partial charge on any atom is -0.394 e. The van der Waals surface area contributed by atoms with Gasteiger partial charge in [-0.1, -0.05) is 205 Å². The molecule has 0 aromatic heterocycles. The number of allylic oxidation sites excluding steroid dienone is 22. The van der Waals surface area contributed by atoms with Gasteiger partial charge in [0.05, 0.1) is 18.8 Å². The molecule has 0 aromatic rings. The Labute approximate surface area is 351 Å². The summed E-state index contributed by atoms with van der Waals surface area (Å²) < 4.78 is 0. The zero-order valence-corrected chi connectivity index (χ0v) is 36.5. The molecule has 4 nitrogen and oxygen atoms in total. The van der Waals surface area contributed by atoms with Crippen LogP contribution in [-0.2, 0) is 4.79 Å². The number of carbonyl (C=O) groups excluding carboxylic acids is 1. The predicted octanol–water partition coefficient (Wildman–Crippen LogP) is 14.7. The van der Waals surface area contributed by atoms with Crippen molar-refractivity contribution in [2.45, 2.75) is 187 Å². The lowest BCUT2D eigenvalue weighted by Gasteiger charge is -2.22. The third kappa shape index (κ3) is 43.5. The Morgan fingerprint density at radius 2 is 0.772 bits per heavy atom. The van der Waals surface area contributed by atoms with E-state index < -0.39 is 12.1 Å². The molecule has 0 bridgehead atoms. The van der Waals surface area contributed by atoms with E-state index in [2.05, 4.69) is 153 Å². The van der Waals surface area contributed by atoms with Crippen LogP contribution in [0.2, 0.25) is 0 Å². The molecule has 0 aliphatic rings. The molecule has 0 aliphatic carbocycles. The number of unbranched alkanes of at least 4 members (excludes halogenated alkanes) is 10. The van der Waals surface area contributed by atoms with Gasteiger partial charge >= 0.3 is 0 Å². The summed E-state index contributed by atoms with van der Waals surface area (Å²) in [6.07, 6.45) is 74.2. The fourth-order valence-corrected chi connectivity index (χ4v) is 5.95. The number of amides is 1. The van der Waals surface area contributed by atoms with E-state index in [1.165, 1.54) is 38.5 Å². The van der Waals surface area contributed by atoms with E-state index in [-0.39, 0.29) is 12.5 Å². The van der Waals surface area contributed by atoms with Gasteiger partial charge in [0.1, 0.15) is 0 Å². The van der Waals surface area contributed by atoms with Gasteiger partial charge in [0, 0.05) is 6.42 Å². The Balaban J connectivity index is 3.67. The van der Waals surface area contributed by atoms with Gasteiger partial charge in [0.15, 0.2) is 0 Å². The van der Waals surface area contributed by atoms with E-state index in [1.54, 1.807) is 0 Å². The highest BCUT2D eigenvalue weighted by Gasteiger charge is 2.19. The summed E-state index contributed by atoms with van der Waals surface area (Å²) in [7, 11) is 0. The van der Waals surface area contributed by atoms with Crippen molar-refractivity contribution in [3.05, 3.63) is 134 Å². The van der Waals surface area contributed by atoms with E-state index in [4.69, 9.17) is 0 Å². The highest BCUT2D eigenvalue weighted by Crippen LogP contribution is 2.12. The van der Waals surface area contributed by atoms with Crippen molar-refractivity contribution in [1.29, 1.82) is 0 Å². The van der Waals surface area contributed by atoms with Gasteiger partial charge in [-0.25, -0.2) is 0 Å². The molecule has 2 unspecified atom stereocenters. The van der Waals surface area contributed by atoms with Crippen molar-refractivity contribution in [1.82, 2.24) is 5.32 Å². The molecule has 2 atom stereocenters. The van der Waals surface area contributed by atoms with E-state index in [0.29, 0.717) is 12.8 Å². The first-order valence-corrected chi connectivity index (χ1v) is 22.9. The summed E-state index contributed by atoms with van der Waals surface area (Å²) >= 11 is 0. The third-order valence-corrected chi connectivity index (χ3v) is 9.43. The molecule has 0 spiro atoms. The topological polar surface area (TPSA) is 69.6 Å². The number of aliphatic hydroxyl groups is 2. The highest BCUT2D eigenvalue weighted by molar-refractivity contribution is 5.76. The smallest absolute Gasteiger partial charge is 0.220 e. The molecular weight excluding hydrogens is 699 g/mol. The minimum atomic E-state index is -0.673. The van der Waals surface area contributed by atoms with Crippen LogP contribution in [0.5, 0.6) is 0 Å². The van der Waals surface area contributed by atoms with Crippen LogP contribution in [0, 0.1) is 0 Å². The molecule has 57 heavy (non-hydrogen) atoms. The van der Waals surface area contributed by atoms with Gasteiger partial charge in [-0.15, -0.1) is 0 Å². The quantitative estimate of drug-likeness (QED) is 0.0429. The van der Waals surface area contributed by atoms with Crippen molar-refractivity contribution in [3.8, 4) is 0 Å². The van der Waals surface area contributed by atoms with E-state index in [1.807, 2.05) is 0 Å². The maximum Gasteiger partial charge on any atom is 0.220 e. The predicted molar refractivity (Wildman–Crippen MR) is 252 cm³/mol. The molecule has 0 heterocycles. The monoisotopic (exact) mass is 784 g/mol. The summed E-state index contributed by atoms with van der Waals surface area (Å²) in [5, 5.41) is 22.8. The maximum atomic E-state index is 12.3. The average Bonchev–Trinajstić information content (AvgIpc) is 3.22. The van der Waals surface area contributed by atoms with Gasteiger partial charge in [0.25, 0.3) is 0 Å². The van der Waals surface area contributed by atoms with Crippen LogP contribution in [-0.4, -0.2) is 34.9 Å². The van der Waals surface area contributed by atoms with Crippen molar-refractivity contribution < 1.29 is 15.0 Å². The number of hydrogen-bond donors (Lipinski definition) is 3. The largest absolute Gasteiger partial charge is 0.394 e. The molecule has 0 aliphatic heterocycles. The number of rotatable bonds is 39. The van der Waals surface area contributed by atoms with Gasteiger partial charge in [-0.3, -0.25) is 4.79 Å². The lowest BCUT2D eigenvalue weighted by atomic mass is 10.0. The van der Waals surface area contributed by atoms with Crippen LogP contribution >= 0.6 is 0 Å². The molecule has 0 rings (SSSR count). The summed E-state index contributed by atoms with van der Waals surface area (Å²) in [4.78, 5) is 12.3. The van der Waals surface area contributed by atoms with Crippen LogP contribution in [0.25, 0.3) is 0 Å². The molecule has 0 radical (unpaired) electrons. The van der Waals surface area contributed by atoms with Gasteiger partial charge in [0.2, 0.25) is 5.91 Å². The lowest BCUT2D eigenvalue weighted by Crippen LogP contribution is -2.45. The van der Waals surface area contributed by atoms with E-state index in [0.717, 1.165) is 109 Å². The number of nitrogens with one attached hydrogen (secondary N) is 1. The van der Waals surface area contributed by atoms with Crippen molar-refractivity contribution >= 4 is 5.91 Å². The second-order valence-electron chi connectivity index (χ2n) is 14.7. The second kappa shape index (κ2) is 46.9. The first-order chi connectivity index (χ1) is 28.2. The standard InChI is InChI=1S/C53H85NO3/c1-3-5-7-9-11-12-13-14-15-16-17-18-19-20-21-22-23-24-25-26-27-28-29-30-31-32-33-34-35-36-37-38-39-40-41-42-43-45-47-49-53(57)54-51(50-55)52(56)48-46-44-10-8-6-4-2/h5,7,11-12,14-15,17-18,20-21,23-24,26-27,29-30,32-33,35-36,38-39,51-52,55-56H,3-4,6,8-10,13,16,19,22,25,28,31,34,37,40-50H2,1-2H3,(H,54,57)/b7-5-,12-11-,15-14-,18-17-,21-20-,24-23-,27-26-,30-29-,33-32-,36-35-,39-38-. The summed E-state index contributed by atoms with van der Waals surface area (Å²) in [5.41, 5.74) is 0. The SMILES string of the molecule is CC/C=C\C/C=C\C/C=C\C/C=C\C/C=C\C/C=C\C/C=C\C/C=C\C/C=C\C/C=C\C/C=C\CCCCCCCC(=O)NC(CO)C(O)CCCCCCCC. The zero-order chi connectivity index (χ0) is 41.4. The molecule has 0 aromatic carbocycles. The maximum absolute atomic E-state index is 12.3. The van der Waals surface area contributed by atoms with Crippen molar-refractivity contribution in [2.75, 3.05) is 6.61 Å². The highest BCUT2D eigenvalue weighted by atomic mass is 16.3. The Hall–Kier alpha value is -3.47. The van der Waals surface area contributed by atoms with Gasteiger partial charge in [-0.05, 0) is 96.3 Å². The molecule has 0 saturated carbocycles. The Kier molecular flexibility index (Phi) is 44.1. The molecule has 1 amide bonds. The Morgan fingerprint density at radius 1 is 0.439 bits per heavy atom. The fraction of sp³-hybridized carbons (Fsp3) is 0.566. The second-order valence-corrected chi connectivity index (χ2v) is 14.7. The molecular formula is C53H85NO3. The Morgan fingerprint density at radius 3 is 1.16 bits per heavy atom. The van der Waals surface area contributed by atoms with Crippen LogP contribution in [0.3, 0.4) is 0 Å². The molecule has 320 valence electrons. The Bertz CT molecular complexity index is 1210. The number of aliphatic hydroxyl groups excluding tert-OH is 2. The average molecular weight is 784 g/mol. The summed E-state index contributed by atoms with van der Waals surface area (Å²) in [6, 6.07) is -0.552. The van der Waals surface area contributed by atoms with Crippen LogP contribution in [0.4, 0.5) is 0 Å². The first kappa shape index (κ1) is 53.5. The van der Waals surface area contributed by atoms with E-state index >= 15 is 0 Å². The van der Waals surface area contributed by atoms with Gasteiger partial charge < -0.3 is 15.5 Å². The molecule has 0 saturated heterocycles. The minimum absolute atomic E-state index is 0.0632. The molecule has 3 N–H and O–H groups in total. The third-order valence-electron chi connectivity index (χ3n) is 9.43. The molecule has 4 heteroatoms. The fourth-order valence-electron chi connectivity index (χ4n) is 5.95. The van der Waals surface area contributed by atoms with E-state index in [9.17, 15) is 15.0 Å².